The number of hydrazine groups is 1. The fraction of sp³-hybridized carbons (Fsp3) is 0.333. The molecule has 0 radical (unpaired) electrons. The fourth-order valence-corrected chi connectivity index (χ4v) is 2.11. The lowest BCUT2D eigenvalue weighted by molar-refractivity contribution is -0.140. The molecule has 0 spiro atoms. The van der Waals surface area contributed by atoms with Crippen LogP contribution in [0, 0.1) is 0 Å². The summed E-state index contributed by atoms with van der Waals surface area (Å²) in [6, 6.07) is 18.3. The van der Waals surface area contributed by atoms with Crippen molar-refractivity contribution < 1.29 is 9.47 Å². The summed E-state index contributed by atoms with van der Waals surface area (Å²) < 4.78 is 11.2. The maximum absolute atomic E-state index is 5.60. The molecular formula is C18H24N2O2. The lowest BCUT2D eigenvalue weighted by atomic mass is 10.1. The number of anilines is 1. The van der Waals surface area contributed by atoms with Crippen LogP contribution in [0.1, 0.15) is 31.3 Å². The highest BCUT2D eigenvalue weighted by molar-refractivity contribution is 5.41. The summed E-state index contributed by atoms with van der Waals surface area (Å²) in [4.78, 5) is 0. The first-order valence-corrected chi connectivity index (χ1v) is 7.69. The average molecular weight is 300 g/mol. The van der Waals surface area contributed by atoms with Crippen molar-refractivity contribution in [2.45, 2.75) is 26.7 Å². The van der Waals surface area contributed by atoms with Crippen molar-refractivity contribution in [1.82, 2.24) is 5.43 Å². The lowest BCUT2D eigenvalue weighted by Crippen LogP contribution is -2.20. The van der Waals surface area contributed by atoms with E-state index in [0.717, 1.165) is 17.8 Å². The van der Waals surface area contributed by atoms with Crippen LogP contribution in [0.5, 0.6) is 0 Å². The Labute approximate surface area is 132 Å². The van der Waals surface area contributed by atoms with Gasteiger partial charge in [-0.05, 0) is 31.5 Å². The Morgan fingerprint density at radius 1 is 0.864 bits per heavy atom. The van der Waals surface area contributed by atoms with Crippen LogP contribution < -0.4 is 10.9 Å². The van der Waals surface area contributed by atoms with E-state index in [4.69, 9.17) is 9.47 Å². The zero-order chi connectivity index (χ0) is 15.6. The van der Waals surface area contributed by atoms with Crippen LogP contribution in [-0.4, -0.2) is 13.2 Å². The Hall–Kier alpha value is -1.88. The van der Waals surface area contributed by atoms with Gasteiger partial charge in [0.1, 0.15) is 0 Å². The van der Waals surface area contributed by atoms with Crippen LogP contribution in [0.2, 0.25) is 0 Å². The zero-order valence-electron chi connectivity index (χ0n) is 13.2. The summed E-state index contributed by atoms with van der Waals surface area (Å²) in [6.07, 6.45) is -0.278. The van der Waals surface area contributed by atoms with Gasteiger partial charge in [-0.25, -0.2) is 5.43 Å². The molecule has 22 heavy (non-hydrogen) atoms. The number of ether oxygens (including phenoxy) is 2. The molecule has 2 aromatic rings. The third-order valence-corrected chi connectivity index (χ3v) is 3.19. The van der Waals surface area contributed by atoms with Crippen LogP contribution in [0.15, 0.2) is 54.6 Å². The molecule has 2 N–H and O–H groups in total. The molecule has 0 amide bonds. The second-order valence-corrected chi connectivity index (χ2v) is 4.83. The summed E-state index contributed by atoms with van der Waals surface area (Å²) in [5.41, 5.74) is 9.66. The Kier molecular flexibility index (Phi) is 6.90. The average Bonchev–Trinajstić information content (AvgIpc) is 2.56. The predicted molar refractivity (Wildman–Crippen MR) is 89.3 cm³/mol. The lowest BCUT2D eigenvalue weighted by Gasteiger charge is -2.17. The van der Waals surface area contributed by atoms with E-state index in [1.165, 1.54) is 5.56 Å². The second kappa shape index (κ2) is 9.20. The van der Waals surface area contributed by atoms with Gasteiger partial charge in [-0.3, -0.25) is 0 Å². The zero-order valence-corrected chi connectivity index (χ0v) is 13.2. The highest BCUT2D eigenvalue weighted by Gasteiger charge is 2.10. The molecular weight excluding hydrogens is 276 g/mol. The van der Waals surface area contributed by atoms with Crippen LogP contribution in [0.25, 0.3) is 0 Å². The molecule has 4 nitrogen and oxygen atoms in total. The van der Waals surface area contributed by atoms with Crippen molar-refractivity contribution in [2.75, 3.05) is 18.6 Å². The maximum atomic E-state index is 5.60. The molecule has 0 aliphatic heterocycles. The van der Waals surface area contributed by atoms with Gasteiger partial charge in [0.2, 0.25) is 0 Å². The minimum atomic E-state index is -0.278. The van der Waals surface area contributed by atoms with Gasteiger partial charge in [0.25, 0.3) is 0 Å². The minimum absolute atomic E-state index is 0.278. The van der Waals surface area contributed by atoms with Gasteiger partial charge >= 0.3 is 0 Å². The van der Waals surface area contributed by atoms with Gasteiger partial charge in [-0.2, -0.15) is 0 Å². The minimum Gasteiger partial charge on any atom is -0.349 e. The van der Waals surface area contributed by atoms with Gasteiger partial charge in [-0.15, -0.1) is 0 Å². The van der Waals surface area contributed by atoms with E-state index < -0.39 is 0 Å². The van der Waals surface area contributed by atoms with E-state index >= 15 is 0 Å². The number of para-hydroxylation sites is 1. The summed E-state index contributed by atoms with van der Waals surface area (Å²) in [6.45, 7) is 5.95. The van der Waals surface area contributed by atoms with Gasteiger partial charge < -0.3 is 14.9 Å². The van der Waals surface area contributed by atoms with Crippen molar-refractivity contribution in [3.63, 3.8) is 0 Å². The topological polar surface area (TPSA) is 42.5 Å². The number of hydrogen-bond donors (Lipinski definition) is 2. The number of hydrogen-bond acceptors (Lipinski definition) is 4. The Bertz CT molecular complexity index is 523. The van der Waals surface area contributed by atoms with E-state index in [9.17, 15) is 0 Å². The SMILES string of the molecule is CCOC(OCC)c1ccc(CNNc2ccccc2)cc1. The molecule has 0 aromatic heterocycles. The summed E-state index contributed by atoms with van der Waals surface area (Å²) in [5, 5.41) is 0. The first kappa shape index (κ1) is 16.5. The smallest absolute Gasteiger partial charge is 0.183 e. The Morgan fingerprint density at radius 2 is 1.50 bits per heavy atom. The number of benzene rings is 2. The molecule has 0 atom stereocenters. The van der Waals surface area contributed by atoms with E-state index in [-0.39, 0.29) is 6.29 Å². The summed E-state index contributed by atoms with van der Waals surface area (Å²) in [7, 11) is 0. The Morgan fingerprint density at radius 3 is 2.09 bits per heavy atom. The summed E-state index contributed by atoms with van der Waals surface area (Å²) >= 11 is 0. The van der Waals surface area contributed by atoms with Crippen LogP contribution in [0.4, 0.5) is 5.69 Å². The van der Waals surface area contributed by atoms with Crippen molar-refractivity contribution in [2.24, 2.45) is 0 Å². The van der Waals surface area contributed by atoms with Crippen molar-refractivity contribution >= 4 is 5.69 Å². The first-order valence-electron chi connectivity index (χ1n) is 7.69. The van der Waals surface area contributed by atoms with Gasteiger partial charge in [-0.1, -0.05) is 42.5 Å². The largest absolute Gasteiger partial charge is 0.349 e. The highest BCUT2D eigenvalue weighted by atomic mass is 16.7. The molecule has 0 unspecified atom stereocenters. The summed E-state index contributed by atoms with van der Waals surface area (Å²) in [5.74, 6) is 0. The highest BCUT2D eigenvalue weighted by Crippen LogP contribution is 2.19. The Balaban J connectivity index is 1.85. The molecule has 0 saturated carbocycles. The third kappa shape index (κ3) is 5.15. The van der Waals surface area contributed by atoms with E-state index in [0.29, 0.717) is 13.2 Å². The van der Waals surface area contributed by atoms with Crippen LogP contribution >= 0.6 is 0 Å². The van der Waals surface area contributed by atoms with Gasteiger partial charge in [0.15, 0.2) is 6.29 Å². The monoisotopic (exact) mass is 300 g/mol. The molecule has 4 heteroatoms. The van der Waals surface area contributed by atoms with Crippen LogP contribution in [0.3, 0.4) is 0 Å². The predicted octanol–water partition coefficient (Wildman–Crippen LogP) is 3.87. The standard InChI is InChI=1S/C18H24N2O2/c1-3-21-18(22-4-2)16-12-10-15(11-13-16)14-19-20-17-8-6-5-7-9-17/h5-13,18-20H,3-4,14H2,1-2H3. The van der Waals surface area contributed by atoms with E-state index in [1.807, 2.05) is 44.2 Å². The number of rotatable bonds is 9. The molecule has 2 aromatic carbocycles. The molecule has 118 valence electrons. The van der Waals surface area contributed by atoms with Crippen molar-refractivity contribution in [3.05, 3.63) is 65.7 Å². The second-order valence-electron chi connectivity index (χ2n) is 4.83. The van der Waals surface area contributed by atoms with Crippen molar-refractivity contribution in [3.8, 4) is 0 Å². The molecule has 0 aliphatic rings. The molecule has 0 fully saturated rings. The molecule has 2 rings (SSSR count). The maximum Gasteiger partial charge on any atom is 0.183 e. The van der Waals surface area contributed by atoms with Gasteiger partial charge in [0.05, 0.1) is 0 Å². The molecule has 0 bridgehead atoms. The third-order valence-electron chi connectivity index (χ3n) is 3.19. The van der Waals surface area contributed by atoms with Gasteiger partial charge in [0, 0.05) is 31.0 Å². The normalized spacial score (nSPS) is 10.9. The van der Waals surface area contributed by atoms with Crippen molar-refractivity contribution in [1.29, 1.82) is 0 Å². The van der Waals surface area contributed by atoms with E-state index in [1.54, 1.807) is 0 Å². The molecule has 0 heterocycles. The first-order chi connectivity index (χ1) is 10.8. The quantitative estimate of drug-likeness (QED) is 0.545. The fourth-order valence-electron chi connectivity index (χ4n) is 2.11. The molecule has 0 aliphatic carbocycles. The molecule has 0 saturated heterocycles. The van der Waals surface area contributed by atoms with Crippen LogP contribution in [-0.2, 0) is 16.0 Å². The van der Waals surface area contributed by atoms with E-state index in [2.05, 4.69) is 35.1 Å². The number of nitrogens with one attached hydrogen (secondary N) is 2.